The van der Waals surface area contributed by atoms with Crippen LogP contribution in [0.15, 0.2) is 5.10 Å². The molecule has 1 atom stereocenters. The Balaban J connectivity index is 2.77. The molecular weight excluding hydrogens is 202 g/mol. The van der Waals surface area contributed by atoms with Crippen LogP contribution in [0.25, 0.3) is 0 Å². The molecule has 0 saturated carbocycles. The van der Waals surface area contributed by atoms with Gasteiger partial charge in [0.05, 0.1) is 6.21 Å². The molecular formula is C7H11N5O3. The van der Waals surface area contributed by atoms with Crippen molar-refractivity contribution in [3.05, 3.63) is 0 Å². The fourth-order valence-corrected chi connectivity index (χ4v) is 1.14. The summed E-state index contributed by atoms with van der Waals surface area (Å²) in [6.07, 6.45) is 1.45. The summed E-state index contributed by atoms with van der Waals surface area (Å²) in [6, 6.07) is -1.44. The summed E-state index contributed by atoms with van der Waals surface area (Å²) < 4.78 is 0. The van der Waals surface area contributed by atoms with Crippen LogP contribution in [0, 0.1) is 0 Å². The molecule has 0 aromatic heterocycles. The zero-order chi connectivity index (χ0) is 11.5. The molecule has 0 bridgehead atoms. The molecule has 1 unspecified atom stereocenters. The van der Waals surface area contributed by atoms with Crippen LogP contribution in [-0.2, 0) is 4.79 Å². The van der Waals surface area contributed by atoms with Crippen LogP contribution in [0.4, 0.5) is 9.59 Å². The molecule has 8 heteroatoms. The summed E-state index contributed by atoms with van der Waals surface area (Å²) in [6.45, 7) is 1.70. The van der Waals surface area contributed by atoms with Gasteiger partial charge in [-0.3, -0.25) is 10.1 Å². The maximum absolute atomic E-state index is 11.4. The van der Waals surface area contributed by atoms with Gasteiger partial charge in [-0.15, -0.1) is 0 Å². The second-order valence-corrected chi connectivity index (χ2v) is 2.97. The molecule has 5 N–H and O–H groups in total. The quantitative estimate of drug-likeness (QED) is 0.262. The van der Waals surface area contributed by atoms with Crippen LogP contribution < -0.4 is 21.8 Å². The average Bonchev–Trinajstić information content (AvgIpc) is 2.41. The van der Waals surface area contributed by atoms with E-state index in [9.17, 15) is 14.4 Å². The van der Waals surface area contributed by atoms with Crippen LogP contribution in [0.5, 0.6) is 0 Å². The summed E-state index contributed by atoms with van der Waals surface area (Å²) in [5.74, 6) is -0.509. The van der Waals surface area contributed by atoms with Gasteiger partial charge in [-0.2, -0.15) is 5.10 Å². The van der Waals surface area contributed by atoms with E-state index in [2.05, 4.69) is 15.7 Å². The van der Waals surface area contributed by atoms with Gasteiger partial charge >= 0.3 is 12.1 Å². The SMILES string of the molecule is CCC1(C=NNC(N)=O)NC(=O)NC1=O. The monoisotopic (exact) mass is 213 g/mol. The lowest BCUT2D eigenvalue weighted by molar-refractivity contribution is -0.121. The van der Waals surface area contributed by atoms with Crippen LogP contribution >= 0.6 is 0 Å². The molecule has 0 aromatic carbocycles. The first-order chi connectivity index (χ1) is 7.00. The fraction of sp³-hybridized carbons (Fsp3) is 0.429. The van der Waals surface area contributed by atoms with E-state index in [1.54, 1.807) is 6.92 Å². The minimum atomic E-state index is -1.21. The number of hydrogen-bond acceptors (Lipinski definition) is 4. The van der Waals surface area contributed by atoms with Crippen molar-refractivity contribution in [2.45, 2.75) is 18.9 Å². The Kier molecular flexibility index (Phi) is 2.88. The van der Waals surface area contributed by atoms with E-state index in [-0.39, 0.29) is 0 Å². The zero-order valence-corrected chi connectivity index (χ0v) is 8.03. The van der Waals surface area contributed by atoms with Crippen molar-refractivity contribution in [2.24, 2.45) is 10.8 Å². The van der Waals surface area contributed by atoms with E-state index in [0.29, 0.717) is 6.42 Å². The fourth-order valence-electron chi connectivity index (χ4n) is 1.14. The highest BCUT2D eigenvalue weighted by Gasteiger charge is 2.43. The van der Waals surface area contributed by atoms with E-state index in [4.69, 9.17) is 5.73 Å². The average molecular weight is 213 g/mol. The maximum atomic E-state index is 11.4. The molecule has 0 radical (unpaired) electrons. The van der Waals surface area contributed by atoms with Gasteiger partial charge in [0.25, 0.3) is 5.91 Å². The van der Waals surface area contributed by atoms with E-state index < -0.39 is 23.5 Å². The predicted octanol–water partition coefficient (Wildman–Crippen LogP) is -1.37. The van der Waals surface area contributed by atoms with Crippen LogP contribution in [0.1, 0.15) is 13.3 Å². The van der Waals surface area contributed by atoms with Crippen molar-refractivity contribution in [2.75, 3.05) is 0 Å². The van der Waals surface area contributed by atoms with Crippen molar-refractivity contribution in [3.8, 4) is 0 Å². The van der Waals surface area contributed by atoms with Gasteiger partial charge in [0, 0.05) is 0 Å². The highest BCUT2D eigenvalue weighted by Crippen LogP contribution is 2.12. The number of urea groups is 2. The van der Waals surface area contributed by atoms with Gasteiger partial charge in [-0.05, 0) is 6.42 Å². The number of primary amides is 1. The number of hydrazone groups is 1. The summed E-state index contributed by atoms with van der Waals surface area (Å²) >= 11 is 0. The van der Waals surface area contributed by atoms with Gasteiger partial charge < -0.3 is 11.1 Å². The largest absolute Gasteiger partial charge is 0.350 e. The number of nitrogens with one attached hydrogen (secondary N) is 3. The first-order valence-electron chi connectivity index (χ1n) is 4.23. The lowest BCUT2D eigenvalue weighted by atomic mass is 9.99. The van der Waals surface area contributed by atoms with Crippen molar-refractivity contribution in [1.82, 2.24) is 16.1 Å². The normalized spacial score (nSPS) is 25.1. The number of amides is 5. The number of rotatable bonds is 3. The summed E-state index contributed by atoms with van der Waals surface area (Å²) in [7, 11) is 0. The Morgan fingerprint density at radius 1 is 1.67 bits per heavy atom. The van der Waals surface area contributed by atoms with Gasteiger partial charge in [-0.1, -0.05) is 6.92 Å². The molecule has 8 nitrogen and oxygen atoms in total. The number of nitrogens with zero attached hydrogens (tertiary/aromatic N) is 1. The molecule has 0 aliphatic carbocycles. The second-order valence-electron chi connectivity index (χ2n) is 2.97. The molecule has 5 amide bonds. The second kappa shape index (κ2) is 3.95. The highest BCUT2D eigenvalue weighted by molar-refractivity contribution is 6.16. The third-order valence-corrected chi connectivity index (χ3v) is 1.99. The molecule has 1 saturated heterocycles. The van der Waals surface area contributed by atoms with Crippen molar-refractivity contribution in [1.29, 1.82) is 0 Å². The van der Waals surface area contributed by atoms with Gasteiger partial charge in [0.2, 0.25) is 0 Å². The number of carbonyl (C=O) groups excluding carboxylic acids is 3. The Hall–Kier alpha value is -2.12. The molecule has 0 spiro atoms. The Bertz CT molecular complexity index is 340. The summed E-state index contributed by atoms with van der Waals surface area (Å²) in [4.78, 5) is 32.6. The first kappa shape index (κ1) is 11.0. The Labute approximate surface area is 85.3 Å². The minimum Gasteiger partial charge on any atom is -0.350 e. The smallest absolute Gasteiger partial charge is 0.332 e. The Morgan fingerprint density at radius 2 is 2.33 bits per heavy atom. The number of carbonyl (C=O) groups is 3. The van der Waals surface area contributed by atoms with Crippen LogP contribution in [0.2, 0.25) is 0 Å². The van der Waals surface area contributed by atoms with Gasteiger partial charge in [0.1, 0.15) is 0 Å². The Morgan fingerprint density at radius 3 is 2.73 bits per heavy atom. The van der Waals surface area contributed by atoms with Gasteiger partial charge in [-0.25, -0.2) is 15.0 Å². The van der Waals surface area contributed by atoms with Crippen LogP contribution in [0.3, 0.4) is 0 Å². The molecule has 15 heavy (non-hydrogen) atoms. The third-order valence-electron chi connectivity index (χ3n) is 1.99. The predicted molar refractivity (Wildman–Crippen MR) is 50.9 cm³/mol. The lowest BCUT2D eigenvalue weighted by Crippen LogP contribution is -2.48. The zero-order valence-electron chi connectivity index (χ0n) is 8.03. The molecule has 1 aliphatic rings. The molecule has 1 fully saturated rings. The summed E-state index contributed by atoms with van der Waals surface area (Å²) in [5, 5.41) is 7.93. The molecule has 0 aromatic rings. The summed E-state index contributed by atoms with van der Waals surface area (Å²) in [5.41, 5.74) is 5.51. The number of hydrogen-bond donors (Lipinski definition) is 4. The van der Waals surface area contributed by atoms with Crippen molar-refractivity contribution in [3.63, 3.8) is 0 Å². The van der Waals surface area contributed by atoms with Crippen molar-refractivity contribution >= 4 is 24.2 Å². The molecule has 1 aliphatic heterocycles. The van der Waals surface area contributed by atoms with E-state index in [0.717, 1.165) is 6.21 Å². The standard InChI is InChI=1S/C7H11N5O3/c1-2-7(3-9-12-5(8)14)4(13)10-6(15)11-7/h3H,2H2,1H3,(H3,8,12,14)(H2,10,11,13,15). The van der Waals surface area contributed by atoms with E-state index >= 15 is 0 Å². The number of imide groups is 1. The minimum absolute atomic E-state index is 0.314. The highest BCUT2D eigenvalue weighted by atomic mass is 16.2. The van der Waals surface area contributed by atoms with Crippen LogP contribution in [-0.4, -0.2) is 29.7 Å². The van der Waals surface area contributed by atoms with E-state index in [1.165, 1.54) is 0 Å². The third kappa shape index (κ3) is 2.22. The van der Waals surface area contributed by atoms with Crippen molar-refractivity contribution < 1.29 is 14.4 Å². The first-order valence-corrected chi connectivity index (χ1v) is 4.23. The topological polar surface area (TPSA) is 126 Å². The number of nitrogens with two attached hydrogens (primary N) is 1. The molecule has 82 valence electrons. The molecule has 1 heterocycles. The maximum Gasteiger partial charge on any atom is 0.332 e. The van der Waals surface area contributed by atoms with E-state index in [1.807, 2.05) is 5.43 Å². The van der Waals surface area contributed by atoms with Gasteiger partial charge in [0.15, 0.2) is 5.54 Å². The lowest BCUT2D eigenvalue weighted by Gasteiger charge is -2.17. The molecule has 1 rings (SSSR count).